The molecule has 0 aromatic rings. The minimum absolute atomic E-state index is 0.187. The van der Waals surface area contributed by atoms with Crippen molar-refractivity contribution in [1.82, 2.24) is 5.32 Å². The van der Waals surface area contributed by atoms with Crippen LogP contribution in [-0.2, 0) is 9.47 Å². The Hall–Kier alpha value is -0.810. The first kappa shape index (κ1) is 17.2. The van der Waals surface area contributed by atoms with Crippen molar-refractivity contribution in [2.75, 3.05) is 19.8 Å². The van der Waals surface area contributed by atoms with Gasteiger partial charge in [-0.3, -0.25) is 0 Å². The molecule has 1 rings (SSSR count). The Morgan fingerprint density at radius 3 is 2.45 bits per heavy atom. The van der Waals surface area contributed by atoms with Gasteiger partial charge in [-0.05, 0) is 58.8 Å². The molecule has 0 spiro atoms. The molecule has 0 heterocycles. The minimum Gasteiger partial charge on any atom is -0.444 e. The molecule has 5 heteroatoms. The maximum atomic E-state index is 11.7. The zero-order valence-corrected chi connectivity index (χ0v) is 13.0. The second kappa shape index (κ2) is 8.47. The van der Waals surface area contributed by atoms with Crippen LogP contribution in [0.15, 0.2) is 0 Å². The number of nitrogens with one attached hydrogen (secondary N) is 1. The van der Waals surface area contributed by atoms with Gasteiger partial charge in [0.25, 0.3) is 0 Å². The lowest BCUT2D eigenvalue weighted by molar-refractivity contribution is 0.0457. The van der Waals surface area contributed by atoms with Crippen molar-refractivity contribution in [1.29, 1.82) is 0 Å². The van der Waals surface area contributed by atoms with Gasteiger partial charge in [-0.15, -0.1) is 0 Å². The molecule has 0 aliphatic heterocycles. The monoisotopic (exact) mass is 287 g/mol. The molecular formula is C15H29NO4. The van der Waals surface area contributed by atoms with Crippen molar-refractivity contribution in [3.05, 3.63) is 0 Å². The summed E-state index contributed by atoms with van der Waals surface area (Å²) in [6, 6.07) is 0.221. The van der Waals surface area contributed by atoms with Gasteiger partial charge < -0.3 is 19.9 Å². The Balaban J connectivity index is 2.14. The van der Waals surface area contributed by atoms with Gasteiger partial charge in [-0.1, -0.05) is 0 Å². The van der Waals surface area contributed by atoms with E-state index >= 15 is 0 Å². The van der Waals surface area contributed by atoms with Gasteiger partial charge >= 0.3 is 6.09 Å². The first-order valence-corrected chi connectivity index (χ1v) is 7.59. The molecule has 118 valence electrons. The van der Waals surface area contributed by atoms with Crippen molar-refractivity contribution in [2.45, 2.75) is 64.5 Å². The first-order chi connectivity index (χ1) is 9.40. The molecule has 0 saturated heterocycles. The first-order valence-electron chi connectivity index (χ1n) is 7.59. The fourth-order valence-corrected chi connectivity index (χ4v) is 2.36. The molecule has 0 bridgehead atoms. The highest BCUT2D eigenvalue weighted by Crippen LogP contribution is 2.24. The fraction of sp³-hybridized carbons (Fsp3) is 0.933. The normalized spacial score (nSPS) is 23.4. The quantitative estimate of drug-likeness (QED) is 0.736. The average molecular weight is 287 g/mol. The number of hydrogen-bond acceptors (Lipinski definition) is 4. The molecule has 0 atom stereocenters. The second-order valence-corrected chi connectivity index (χ2v) is 6.52. The summed E-state index contributed by atoms with van der Waals surface area (Å²) in [5, 5.41) is 11.6. The van der Waals surface area contributed by atoms with E-state index < -0.39 is 5.60 Å². The molecule has 1 amide bonds. The molecule has 0 radical (unpaired) electrons. The highest BCUT2D eigenvalue weighted by atomic mass is 16.6. The number of amides is 1. The van der Waals surface area contributed by atoms with Gasteiger partial charge in [-0.25, -0.2) is 4.79 Å². The third-order valence-electron chi connectivity index (χ3n) is 3.37. The summed E-state index contributed by atoms with van der Waals surface area (Å²) in [7, 11) is 0. The van der Waals surface area contributed by atoms with E-state index in [1.807, 2.05) is 20.8 Å². The van der Waals surface area contributed by atoms with E-state index in [9.17, 15) is 4.79 Å². The maximum absolute atomic E-state index is 11.7. The lowest BCUT2D eigenvalue weighted by atomic mass is 9.86. The maximum Gasteiger partial charge on any atom is 0.407 e. The number of aliphatic hydroxyl groups is 1. The topological polar surface area (TPSA) is 67.8 Å². The van der Waals surface area contributed by atoms with E-state index in [0.29, 0.717) is 18.9 Å². The summed E-state index contributed by atoms with van der Waals surface area (Å²) in [5.74, 6) is 0.574. The van der Waals surface area contributed by atoms with E-state index in [1.165, 1.54) is 0 Å². The molecule has 0 aromatic carbocycles. The zero-order valence-electron chi connectivity index (χ0n) is 13.0. The van der Waals surface area contributed by atoms with Crippen LogP contribution in [0.1, 0.15) is 52.9 Å². The number of alkyl carbamates (subject to hydrolysis) is 1. The van der Waals surface area contributed by atoms with E-state index in [2.05, 4.69) is 5.32 Å². The Labute approximate surface area is 122 Å². The van der Waals surface area contributed by atoms with Crippen LogP contribution in [0.25, 0.3) is 0 Å². The SMILES string of the molecule is CC(C)(C)OC(=O)NC1CCC(COCCCO)CC1. The third kappa shape index (κ3) is 7.70. The largest absolute Gasteiger partial charge is 0.444 e. The number of hydrogen-bond donors (Lipinski definition) is 2. The van der Waals surface area contributed by atoms with E-state index in [4.69, 9.17) is 14.6 Å². The van der Waals surface area contributed by atoms with Gasteiger partial charge in [0, 0.05) is 25.9 Å². The van der Waals surface area contributed by atoms with E-state index in [0.717, 1.165) is 32.3 Å². The van der Waals surface area contributed by atoms with Crippen molar-refractivity contribution in [3.8, 4) is 0 Å². The number of carbonyl (C=O) groups is 1. The summed E-state index contributed by atoms with van der Waals surface area (Å²) in [6.45, 7) is 7.19. The summed E-state index contributed by atoms with van der Waals surface area (Å²) in [4.78, 5) is 11.7. The van der Waals surface area contributed by atoms with Gasteiger partial charge in [0.2, 0.25) is 0 Å². The average Bonchev–Trinajstić information content (AvgIpc) is 2.34. The van der Waals surface area contributed by atoms with E-state index in [-0.39, 0.29) is 18.7 Å². The molecule has 2 N–H and O–H groups in total. The van der Waals surface area contributed by atoms with E-state index in [1.54, 1.807) is 0 Å². The van der Waals surface area contributed by atoms with Crippen LogP contribution < -0.4 is 5.32 Å². The fourth-order valence-electron chi connectivity index (χ4n) is 2.36. The smallest absolute Gasteiger partial charge is 0.407 e. The van der Waals surface area contributed by atoms with Crippen molar-refractivity contribution in [3.63, 3.8) is 0 Å². The Morgan fingerprint density at radius 2 is 1.90 bits per heavy atom. The van der Waals surface area contributed by atoms with Crippen LogP contribution in [-0.4, -0.2) is 42.7 Å². The number of carbonyl (C=O) groups excluding carboxylic acids is 1. The van der Waals surface area contributed by atoms with Crippen LogP contribution in [0, 0.1) is 5.92 Å². The van der Waals surface area contributed by atoms with Crippen LogP contribution in [0.5, 0.6) is 0 Å². The molecule has 1 aliphatic carbocycles. The predicted molar refractivity (Wildman–Crippen MR) is 77.6 cm³/mol. The van der Waals surface area contributed by atoms with Crippen LogP contribution in [0.4, 0.5) is 4.79 Å². The lowest BCUT2D eigenvalue weighted by Crippen LogP contribution is -2.41. The predicted octanol–water partition coefficient (Wildman–Crippen LogP) is 2.47. The number of rotatable bonds is 6. The minimum atomic E-state index is -0.443. The second-order valence-electron chi connectivity index (χ2n) is 6.52. The molecule has 0 aromatic heterocycles. The Morgan fingerprint density at radius 1 is 1.25 bits per heavy atom. The molecule has 1 aliphatic rings. The van der Waals surface area contributed by atoms with Gasteiger partial charge in [0.15, 0.2) is 0 Å². The van der Waals surface area contributed by atoms with Crippen molar-refractivity contribution >= 4 is 6.09 Å². The number of ether oxygens (including phenoxy) is 2. The van der Waals surface area contributed by atoms with Crippen molar-refractivity contribution < 1.29 is 19.4 Å². The van der Waals surface area contributed by atoms with Crippen LogP contribution >= 0.6 is 0 Å². The van der Waals surface area contributed by atoms with Crippen molar-refractivity contribution in [2.24, 2.45) is 5.92 Å². The van der Waals surface area contributed by atoms with Gasteiger partial charge in [-0.2, -0.15) is 0 Å². The van der Waals surface area contributed by atoms with Crippen LogP contribution in [0.2, 0.25) is 0 Å². The number of aliphatic hydroxyl groups excluding tert-OH is 1. The zero-order chi connectivity index (χ0) is 15.0. The molecule has 5 nitrogen and oxygen atoms in total. The summed E-state index contributed by atoms with van der Waals surface area (Å²) in [5.41, 5.74) is -0.443. The molecule has 1 saturated carbocycles. The molecule has 20 heavy (non-hydrogen) atoms. The summed E-state index contributed by atoms with van der Waals surface area (Å²) < 4.78 is 10.8. The lowest BCUT2D eigenvalue weighted by Gasteiger charge is -2.30. The third-order valence-corrected chi connectivity index (χ3v) is 3.37. The van der Waals surface area contributed by atoms with Gasteiger partial charge in [0.05, 0.1) is 0 Å². The standard InChI is InChI=1S/C15H29NO4/c1-15(2,3)20-14(18)16-13-7-5-12(6-8-13)11-19-10-4-9-17/h12-13,17H,4-11H2,1-3H3,(H,16,18). The Kier molecular flexibility index (Phi) is 7.30. The summed E-state index contributed by atoms with van der Waals surface area (Å²) >= 11 is 0. The Bertz CT molecular complexity index is 280. The van der Waals surface area contributed by atoms with Crippen LogP contribution in [0.3, 0.4) is 0 Å². The highest BCUT2D eigenvalue weighted by Gasteiger charge is 2.24. The van der Waals surface area contributed by atoms with Gasteiger partial charge in [0.1, 0.15) is 5.60 Å². The highest BCUT2D eigenvalue weighted by molar-refractivity contribution is 5.68. The molecular weight excluding hydrogens is 258 g/mol. The summed E-state index contributed by atoms with van der Waals surface area (Å²) in [6.07, 6.45) is 4.48. The molecule has 0 unspecified atom stereocenters. The molecule has 1 fully saturated rings.